The van der Waals surface area contributed by atoms with Crippen LogP contribution in [0.2, 0.25) is 0 Å². The Labute approximate surface area is 79.6 Å². The van der Waals surface area contributed by atoms with Gasteiger partial charge in [-0.05, 0) is 0 Å². The molecule has 1 aromatic rings. The van der Waals surface area contributed by atoms with Crippen LogP contribution in [0, 0.1) is 0 Å². The zero-order valence-corrected chi connectivity index (χ0v) is 7.70. The van der Waals surface area contributed by atoms with Crippen LogP contribution in [-0.4, -0.2) is 16.3 Å². The Morgan fingerprint density at radius 1 is 1.50 bits per heavy atom. The Balaban J connectivity index is 0.000000354. The van der Waals surface area contributed by atoms with Crippen LogP contribution in [-0.2, 0) is 20.4 Å². The number of phenolic OH excluding ortho intramolecular Hbond substituents is 1. The third-order valence-electron chi connectivity index (χ3n) is 1.05. The van der Waals surface area contributed by atoms with Crippen LogP contribution in [0.4, 0.5) is 0 Å². The Hall–Kier alpha value is -0.921. The summed E-state index contributed by atoms with van der Waals surface area (Å²) in [6, 6.07) is 7.08. The standard InChI is InChI=1S/C7H6O.C2H3O.Fe/c1-6-4-2-3-5-7(6)8;1-2-3;/h1-5,8H;1H3;/q;-1;+1. The van der Waals surface area contributed by atoms with Gasteiger partial charge in [0.25, 0.3) is 0 Å². The molecule has 1 aromatic carbocycles. The summed E-state index contributed by atoms with van der Waals surface area (Å²) in [6.45, 7) is 1.32. The monoisotopic (exact) mass is 205 g/mol. The third kappa shape index (κ3) is 4.06. The molecule has 12 heavy (non-hydrogen) atoms. The molecule has 0 bridgehead atoms. The molecule has 0 spiro atoms. The summed E-state index contributed by atoms with van der Waals surface area (Å²) < 4.78 is 0. The quantitative estimate of drug-likeness (QED) is 0.552. The summed E-state index contributed by atoms with van der Waals surface area (Å²) in [5, 5.41) is 9.04. The number of hydrogen-bond acceptors (Lipinski definition) is 2. The molecule has 0 atom stereocenters. The molecular weight excluding hydrogens is 196 g/mol. The number of phenols is 1. The molecule has 1 N–H and O–H groups in total. The second-order valence-corrected chi connectivity index (χ2v) is 2.18. The predicted octanol–water partition coefficient (Wildman–Crippen LogP) is 1.21. The normalized spacial score (nSPS) is 7.75. The van der Waals surface area contributed by atoms with Crippen LogP contribution >= 0.6 is 0 Å². The van der Waals surface area contributed by atoms with Gasteiger partial charge in [0, 0.05) is 0 Å². The van der Waals surface area contributed by atoms with Crippen molar-refractivity contribution in [2.75, 3.05) is 0 Å². The fourth-order valence-electron chi connectivity index (χ4n) is 0.574. The third-order valence-corrected chi connectivity index (χ3v) is 1.39. The van der Waals surface area contributed by atoms with E-state index in [0.717, 1.165) is 5.56 Å². The second-order valence-electron chi connectivity index (χ2n) is 1.87. The first kappa shape index (κ1) is 11.1. The van der Waals surface area contributed by atoms with Crippen LogP contribution in [0.25, 0.3) is 0 Å². The molecule has 0 heterocycles. The molecule has 0 saturated carbocycles. The van der Waals surface area contributed by atoms with Gasteiger partial charge in [-0.3, -0.25) is 6.29 Å². The van der Waals surface area contributed by atoms with E-state index in [-0.39, 0.29) is 5.75 Å². The van der Waals surface area contributed by atoms with E-state index >= 15 is 0 Å². The minimum atomic E-state index is 0.285. The molecule has 0 saturated heterocycles. The maximum absolute atomic E-state index is 9.04. The number of benzene rings is 1. The zero-order valence-electron chi connectivity index (χ0n) is 6.60. The molecule has 0 radical (unpaired) electrons. The van der Waals surface area contributed by atoms with Crippen molar-refractivity contribution in [3.63, 3.8) is 0 Å². The molecule has 65 valence electrons. The molecule has 0 aliphatic rings. The summed E-state index contributed by atoms with van der Waals surface area (Å²) >= 11 is 3.53. The van der Waals surface area contributed by atoms with Crippen LogP contribution in [0.3, 0.4) is 0 Å². The topological polar surface area (TPSA) is 37.3 Å². The van der Waals surface area contributed by atoms with Gasteiger partial charge in [-0.15, -0.1) is 0 Å². The molecular formula is C9H9FeO2. The van der Waals surface area contributed by atoms with Crippen molar-refractivity contribution in [3.8, 4) is 5.75 Å². The fraction of sp³-hybridized carbons (Fsp3) is 0.111. The van der Waals surface area contributed by atoms with Crippen molar-refractivity contribution in [1.82, 2.24) is 0 Å². The molecule has 1 rings (SSSR count). The molecule has 2 nitrogen and oxygen atoms in total. The van der Waals surface area contributed by atoms with Gasteiger partial charge in [0.15, 0.2) is 0 Å². The summed E-state index contributed by atoms with van der Waals surface area (Å²) in [4.78, 5) is 10.3. The van der Waals surface area contributed by atoms with Crippen molar-refractivity contribution in [2.45, 2.75) is 6.92 Å². The van der Waals surface area contributed by atoms with Crippen LogP contribution in [0.1, 0.15) is 12.5 Å². The fourth-order valence-corrected chi connectivity index (χ4v) is 0.843. The Kier molecular flexibility index (Phi) is 6.25. The number of rotatable bonds is 1. The van der Waals surface area contributed by atoms with Crippen molar-refractivity contribution in [1.29, 1.82) is 0 Å². The number of hydrogen-bond donors (Lipinski definition) is 1. The number of carbonyl (C=O) groups excluding carboxylic acids is 1. The summed E-state index contributed by atoms with van der Waals surface area (Å²) in [5.74, 6) is 0.285. The van der Waals surface area contributed by atoms with Gasteiger partial charge in [-0.25, -0.2) is 0 Å². The zero-order chi connectivity index (χ0) is 9.40. The molecule has 0 aliphatic carbocycles. The van der Waals surface area contributed by atoms with Gasteiger partial charge < -0.3 is 4.79 Å². The van der Waals surface area contributed by atoms with E-state index in [9.17, 15) is 0 Å². The average Bonchev–Trinajstić information content (AvgIpc) is 2.07. The second kappa shape index (κ2) is 6.77. The van der Waals surface area contributed by atoms with Crippen molar-refractivity contribution >= 4 is 11.2 Å². The summed E-state index contributed by atoms with van der Waals surface area (Å²) in [6.07, 6.45) is 1.50. The van der Waals surface area contributed by atoms with E-state index in [1.807, 2.05) is 12.1 Å². The Bertz CT molecular complexity index is 258. The maximum atomic E-state index is 9.04. The van der Waals surface area contributed by atoms with E-state index < -0.39 is 0 Å². The average molecular weight is 205 g/mol. The number of aromatic hydroxyl groups is 1. The van der Waals surface area contributed by atoms with Gasteiger partial charge in [-0.2, -0.15) is 6.92 Å². The molecule has 0 aliphatic heterocycles. The summed E-state index contributed by atoms with van der Waals surface area (Å²) in [7, 11) is 0. The minimum absolute atomic E-state index is 0.285. The van der Waals surface area contributed by atoms with Crippen molar-refractivity contribution in [2.24, 2.45) is 0 Å². The van der Waals surface area contributed by atoms with Gasteiger partial charge in [-0.1, -0.05) is 0 Å². The molecule has 3 heteroatoms. The Morgan fingerprint density at radius 3 is 2.33 bits per heavy atom. The van der Waals surface area contributed by atoms with E-state index in [2.05, 4.69) is 15.6 Å². The van der Waals surface area contributed by atoms with Gasteiger partial charge in [0.2, 0.25) is 0 Å². The molecule has 0 amide bonds. The molecule has 0 unspecified atom stereocenters. The Morgan fingerprint density at radius 2 is 2.00 bits per heavy atom. The van der Waals surface area contributed by atoms with Crippen LogP contribution in [0.5, 0.6) is 5.75 Å². The van der Waals surface area contributed by atoms with Crippen LogP contribution < -0.4 is 0 Å². The SMILES string of the molecule is C[C-]=O.Oc1ccccc1[CH]=[Fe+]. The summed E-state index contributed by atoms with van der Waals surface area (Å²) in [5.41, 5.74) is 0.775. The van der Waals surface area contributed by atoms with E-state index in [4.69, 9.17) is 9.90 Å². The number of para-hydroxylation sites is 1. The van der Waals surface area contributed by atoms with E-state index in [1.165, 1.54) is 13.2 Å². The first-order valence-electron chi connectivity index (χ1n) is 3.25. The first-order chi connectivity index (χ1) is 5.76. The van der Waals surface area contributed by atoms with Crippen molar-refractivity contribution < 1.29 is 25.5 Å². The van der Waals surface area contributed by atoms with Crippen LogP contribution in [0.15, 0.2) is 24.3 Å². The predicted molar refractivity (Wildman–Crippen MR) is 44.6 cm³/mol. The molecule has 0 aromatic heterocycles. The van der Waals surface area contributed by atoms with Crippen molar-refractivity contribution in [3.05, 3.63) is 29.8 Å². The molecule has 0 fully saturated rings. The first-order valence-corrected chi connectivity index (χ1v) is 3.89. The van der Waals surface area contributed by atoms with Gasteiger partial charge in [0.1, 0.15) is 0 Å². The van der Waals surface area contributed by atoms with E-state index in [0.29, 0.717) is 0 Å². The van der Waals surface area contributed by atoms with E-state index in [1.54, 1.807) is 17.1 Å². The van der Waals surface area contributed by atoms with Gasteiger partial charge >= 0.3 is 61.2 Å². The van der Waals surface area contributed by atoms with Gasteiger partial charge in [0.05, 0.1) is 0 Å².